The minimum absolute atomic E-state index is 0.116. The van der Waals surface area contributed by atoms with Crippen LogP contribution in [0.4, 0.5) is 0 Å². The summed E-state index contributed by atoms with van der Waals surface area (Å²) >= 11 is 0. The zero-order chi connectivity index (χ0) is 19.3. The smallest absolute Gasteiger partial charge is 0.161 e. The molecule has 0 saturated heterocycles. The van der Waals surface area contributed by atoms with Crippen molar-refractivity contribution in [1.29, 1.82) is 5.26 Å². The van der Waals surface area contributed by atoms with Crippen molar-refractivity contribution >= 4 is 10.9 Å². The van der Waals surface area contributed by atoms with Gasteiger partial charge < -0.3 is 29.6 Å². The lowest BCUT2D eigenvalue weighted by atomic mass is 10.1. The van der Waals surface area contributed by atoms with Crippen LogP contribution < -0.4 is 19.5 Å². The largest absolute Gasteiger partial charge is 0.490 e. The number of para-hydroxylation sites is 2. The Kier molecular flexibility index (Phi) is 5.33. The summed E-state index contributed by atoms with van der Waals surface area (Å²) in [5.74, 6) is 2.06. The molecule has 2 aromatic carbocycles. The molecular formula is C21H21N3O4. The number of ether oxygens (including phenoxy) is 3. The van der Waals surface area contributed by atoms with E-state index in [4.69, 9.17) is 14.2 Å². The van der Waals surface area contributed by atoms with Crippen molar-refractivity contribution in [1.82, 2.24) is 10.3 Å². The number of hydrogen-bond acceptors (Lipinski definition) is 6. The molecule has 2 heterocycles. The van der Waals surface area contributed by atoms with Crippen LogP contribution in [-0.2, 0) is 0 Å². The summed E-state index contributed by atoms with van der Waals surface area (Å²) < 4.78 is 17.3. The molecule has 1 aliphatic rings. The predicted molar refractivity (Wildman–Crippen MR) is 104 cm³/mol. The van der Waals surface area contributed by atoms with Crippen LogP contribution in [-0.4, -0.2) is 48.6 Å². The third-order valence-electron chi connectivity index (χ3n) is 4.54. The van der Waals surface area contributed by atoms with Gasteiger partial charge in [-0.1, -0.05) is 18.2 Å². The van der Waals surface area contributed by atoms with Crippen LogP contribution in [0.3, 0.4) is 0 Å². The summed E-state index contributed by atoms with van der Waals surface area (Å²) in [7, 11) is 0. The molecule has 144 valence electrons. The number of aromatic amines is 1. The Balaban J connectivity index is 1.25. The van der Waals surface area contributed by atoms with Crippen molar-refractivity contribution < 1.29 is 19.3 Å². The Morgan fingerprint density at radius 1 is 1.25 bits per heavy atom. The van der Waals surface area contributed by atoms with Crippen LogP contribution >= 0.6 is 0 Å². The number of H-pyrrole nitrogens is 1. The van der Waals surface area contributed by atoms with Gasteiger partial charge in [-0.25, -0.2) is 0 Å². The van der Waals surface area contributed by atoms with E-state index in [1.54, 1.807) is 12.3 Å². The van der Waals surface area contributed by atoms with Gasteiger partial charge in [-0.2, -0.15) is 5.26 Å². The van der Waals surface area contributed by atoms with Crippen LogP contribution in [0.15, 0.2) is 48.7 Å². The fourth-order valence-corrected chi connectivity index (χ4v) is 3.18. The van der Waals surface area contributed by atoms with E-state index in [2.05, 4.69) is 16.4 Å². The number of nitrogens with one attached hydrogen (secondary N) is 2. The van der Waals surface area contributed by atoms with Crippen molar-refractivity contribution in [3.05, 3.63) is 54.2 Å². The van der Waals surface area contributed by atoms with E-state index >= 15 is 0 Å². The van der Waals surface area contributed by atoms with Gasteiger partial charge in [0.2, 0.25) is 0 Å². The van der Waals surface area contributed by atoms with E-state index in [1.165, 1.54) is 0 Å². The van der Waals surface area contributed by atoms with E-state index in [9.17, 15) is 10.4 Å². The van der Waals surface area contributed by atoms with E-state index < -0.39 is 6.10 Å². The first-order valence-corrected chi connectivity index (χ1v) is 9.15. The molecule has 0 radical (unpaired) electrons. The second-order valence-electron chi connectivity index (χ2n) is 6.61. The molecule has 0 spiro atoms. The summed E-state index contributed by atoms with van der Waals surface area (Å²) in [5, 5.41) is 23.4. The number of benzene rings is 2. The van der Waals surface area contributed by atoms with Gasteiger partial charge in [-0.05, 0) is 24.3 Å². The number of rotatable bonds is 7. The van der Waals surface area contributed by atoms with Crippen molar-refractivity contribution in [3.63, 3.8) is 0 Å². The predicted octanol–water partition coefficient (Wildman–Crippen LogP) is 2.21. The highest BCUT2D eigenvalue weighted by molar-refractivity contribution is 5.91. The molecular weight excluding hydrogens is 358 g/mol. The molecule has 0 aliphatic carbocycles. The molecule has 1 aromatic heterocycles. The summed E-state index contributed by atoms with van der Waals surface area (Å²) in [6, 6.07) is 15.2. The minimum atomic E-state index is -0.698. The second kappa shape index (κ2) is 8.21. The first-order chi connectivity index (χ1) is 13.7. The molecule has 0 saturated carbocycles. The molecule has 28 heavy (non-hydrogen) atoms. The molecule has 3 aromatic rings. The summed E-state index contributed by atoms with van der Waals surface area (Å²) in [5.41, 5.74) is 1.35. The first-order valence-electron chi connectivity index (χ1n) is 9.15. The number of hydrogen-bond donors (Lipinski definition) is 3. The number of fused-ring (bicyclic) bond motifs is 2. The van der Waals surface area contributed by atoms with Gasteiger partial charge >= 0.3 is 0 Å². The highest BCUT2D eigenvalue weighted by Crippen LogP contribution is 2.31. The number of aliphatic hydroxyl groups excluding tert-OH is 1. The van der Waals surface area contributed by atoms with Gasteiger partial charge in [0, 0.05) is 19.3 Å². The van der Waals surface area contributed by atoms with Crippen molar-refractivity contribution in [2.45, 2.75) is 12.2 Å². The second-order valence-corrected chi connectivity index (χ2v) is 6.61. The average Bonchev–Trinajstić information content (AvgIpc) is 3.16. The molecule has 2 unspecified atom stereocenters. The summed E-state index contributed by atoms with van der Waals surface area (Å²) in [6.45, 7) is 1.49. The number of aromatic nitrogens is 1. The molecule has 4 rings (SSSR count). The average molecular weight is 379 g/mol. The lowest BCUT2D eigenvalue weighted by molar-refractivity contribution is 0.0780. The summed E-state index contributed by atoms with van der Waals surface area (Å²) in [4.78, 5) is 3.04. The highest BCUT2D eigenvalue weighted by atomic mass is 16.6. The van der Waals surface area contributed by atoms with Gasteiger partial charge in [0.05, 0.1) is 16.5 Å². The quantitative estimate of drug-likeness (QED) is 0.582. The maximum absolute atomic E-state index is 10.2. The minimum Gasteiger partial charge on any atom is -0.490 e. The Morgan fingerprint density at radius 2 is 2.11 bits per heavy atom. The van der Waals surface area contributed by atoms with Crippen molar-refractivity contribution in [3.8, 4) is 23.3 Å². The van der Waals surface area contributed by atoms with Gasteiger partial charge in [0.1, 0.15) is 37.2 Å². The summed E-state index contributed by atoms with van der Waals surface area (Å²) in [6.07, 6.45) is 0.839. The standard InChI is InChI=1S/C21H21N3O4/c22-8-14-9-24-17-4-3-7-20(21(14)17)26-12-15(25)10-23-11-16-13-27-18-5-1-2-6-19(18)28-16/h1-7,9,15-16,23-25H,10-13H2. The fraction of sp³-hybridized carbons (Fsp3) is 0.286. The van der Waals surface area contributed by atoms with Crippen LogP contribution in [0.25, 0.3) is 10.9 Å². The normalized spacial score (nSPS) is 16.5. The zero-order valence-electron chi connectivity index (χ0n) is 15.2. The van der Waals surface area contributed by atoms with E-state index in [-0.39, 0.29) is 12.7 Å². The van der Waals surface area contributed by atoms with E-state index in [1.807, 2.05) is 36.4 Å². The number of aliphatic hydroxyl groups is 1. The van der Waals surface area contributed by atoms with Crippen LogP contribution in [0, 0.1) is 11.3 Å². The Hall–Kier alpha value is -3.21. The van der Waals surface area contributed by atoms with E-state index in [0.29, 0.717) is 31.0 Å². The lowest BCUT2D eigenvalue weighted by Crippen LogP contribution is -2.41. The van der Waals surface area contributed by atoms with Crippen LogP contribution in [0.1, 0.15) is 5.56 Å². The molecule has 0 fully saturated rings. The monoisotopic (exact) mass is 379 g/mol. The highest BCUT2D eigenvalue weighted by Gasteiger charge is 2.20. The topological polar surface area (TPSA) is 99.5 Å². The molecule has 7 heteroatoms. The third-order valence-corrected chi connectivity index (χ3v) is 4.54. The Labute approximate surface area is 162 Å². The van der Waals surface area contributed by atoms with Crippen molar-refractivity contribution in [2.24, 2.45) is 0 Å². The fourth-order valence-electron chi connectivity index (χ4n) is 3.18. The number of nitriles is 1. The number of nitrogens with zero attached hydrogens (tertiary/aromatic N) is 1. The maximum Gasteiger partial charge on any atom is 0.161 e. The Morgan fingerprint density at radius 3 is 2.96 bits per heavy atom. The SMILES string of the molecule is N#Cc1c[nH]c2cccc(OCC(O)CNCC3COc4ccccc4O3)c12. The van der Waals surface area contributed by atoms with Gasteiger partial charge in [0.15, 0.2) is 11.5 Å². The zero-order valence-corrected chi connectivity index (χ0v) is 15.2. The molecule has 2 atom stereocenters. The van der Waals surface area contributed by atoms with Crippen LogP contribution in [0.2, 0.25) is 0 Å². The molecule has 3 N–H and O–H groups in total. The Bertz CT molecular complexity index is 995. The third kappa shape index (κ3) is 3.88. The molecule has 0 bridgehead atoms. The van der Waals surface area contributed by atoms with Gasteiger partial charge in [0.25, 0.3) is 0 Å². The molecule has 1 aliphatic heterocycles. The van der Waals surface area contributed by atoms with Gasteiger partial charge in [-0.15, -0.1) is 0 Å². The van der Waals surface area contributed by atoms with Crippen molar-refractivity contribution in [2.75, 3.05) is 26.3 Å². The van der Waals surface area contributed by atoms with Gasteiger partial charge in [-0.3, -0.25) is 0 Å². The lowest BCUT2D eigenvalue weighted by Gasteiger charge is -2.27. The molecule has 0 amide bonds. The van der Waals surface area contributed by atoms with E-state index in [0.717, 1.165) is 22.4 Å². The van der Waals surface area contributed by atoms with Crippen LogP contribution in [0.5, 0.6) is 17.2 Å². The maximum atomic E-state index is 10.2. The first kappa shape index (κ1) is 18.2. The molecule has 7 nitrogen and oxygen atoms in total.